The fourth-order valence-electron chi connectivity index (χ4n) is 2.25. The molecule has 0 aliphatic rings. The molecule has 0 aromatic heterocycles. The third kappa shape index (κ3) is 5.66. The van der Waals surface area contributed by atoms with Crippen LogP contribution < -0.4 is 14.2 Å². The summed E-state index contributed by atoms with van der Waals surface area (Å²) in [7, 11) is 0. The van der Waals surface area contributed by atoms with Crippen LogP contribution in [0.5, 0.6) is 17.2 Å². The van der Waals surface area contributed by atoms with Crippen LogP contribution in [-0.4, -0.2) is 19.2 Å². The number of rotatable bonds is 9. The van der Waals surface area contributed by atoms with Crippen molar-refractivity contribution in [3.8, 4) is 28.4 Å². The maximum absolute atomic E-state index is 11.6. The maximum Gasteiger partial charge on any atom is 0.338 e. The van der Waals surface area contributed by atoms with E-state index in [2.05, 4.69) is 20.4 Å². The number of ether oxygens (including phenoxy) is 3. The third-order valence-corrected chi connectivity index (χ3v) is 3.57. The highest BCUT2D eigenvalue weighted by molar-refractivity contribution is 5.88. The Hall–Kier alpha value is -2.75. The highest BCUT2D eigenvalue weighted by atomic mass is 16.5. The summed E-state index contributed by atoms with van der Waals surface area (Å²) in [6.07, 6.45) is 1.89. The molecular formula is C22H26O4. The summed E-state index contributed by atoms with van der Waals surface area (Å²) in [5, 5.41) is 0. The van der Waals surface area contributed by atoms with Crippen LogP contribution in [0.25, 0.3) is 11.1 Å². The van der Waals surface area contributed by atoms with Crippen LogP contribution in [0.1, 0.15) is 33.6 Å². The molecule has 2 aromatic carbocycles. The van der Waals surface area contributed by atoms with Crippen molar-refractivity contribution in [1.29, 1.82) is 0 Å². The zero-order chi connectivity index (χ0) is 18.9. The van der Waals surface area contributed by atoms with Crippen molar-refractivity contribution >= 4 is 5.97 Å². The summed E-state index contributed by atoms with van der Waals surface area (Å²) in [6.45, 7) is 10.7. The molecule has 0 unspecified atom stereocenters. The lowest BCUT2D eigenvalue weighted by molar-refractivity contribution is -0.130. The van der Waals surface area contributed by atoms with E-state index < -0.39 is 5.97 Å². The molecule has 0 heterocycles. The second-order valence-electron chi connectivity index (χ2n) is 6.08. The fourth-order valence-corrected chi connectivity index (χ4v) is 2.25. The first-order valence-electron chi connectivity index (χ1n) is 8.92. The maximum atomic E-state index is 11.6. The number of hydrogen-bond acceptors (Lipinski definition) is 4. The lowest BCUT2D eigenvalue weighted by Gasteiger charge is -2.12. The quantitative estimate of drug-likeness (QED) is 0.343. The SMILES string of the molecule is C=C(C)C(=O)Oc1ccc(-c2cc(OCCC)cc(OCCC)c2)cc1. The molecule has 0 N–H and O–H groups in total. The van der Waals surface area contributed by atoms with E-state index in [0.29, 0.717) is 24.5 Å². The van der Waals surface area contributed by atoms with E-state index in [4.69, 9.17) is 14.2 Å². The largest absolute Gasteiger partial charge is 0.493 e. The molecule has 4 nitrogen and oxygen atoms in total. The van der Waals surface area contributed by atoms with Crippen molar-refractivity contribution in [2.24, 2.45) is 0 Å². The van der Waals surface area contributed by atoms with Crippen molar-refractivity contribution in [2.75, 3.05) is 13.2 Å². The van der Waals surface area contributed by atoms with Gasteiger partial charge in [0, 0.05) is 11.6 Å². The molecular weight excluding hydrogens is 328 g/mol. The van der Waals surface area contributed by atoms with Gasteiger partial charge in [0.2, 0.25) is 0 Å². The van der Waals surface area contributed by atoms with Gasteiger partial charge in [-0.1, -0.05) is 32.6 Å². The zero-order valence-corrected chi connectivity index (χ0v) is 15.7. The average Bonchev–Trinajstić information content (AvgIpc) is 2.65. The van der Waals surface area contributed by atoms with E-state index in [0.717, 1.165) is 35.5 Å². The van der Waals surface area contributed by atoms with Crippen molar-refractivity contribution in [1.82, 2.24) is 0 Å². The lowest BCUT2D eigenvalue weighted by atomic mass is 10.0. The average molecular weight is 354 g/mol. The molecule has 0 atom stereocenters. The number of carbonyl (C=O) groups excluding carboxylic acids is 1. The predicted octanol–water partition coefficient (Wildman–Crippen LogP) is 5.41. The number of carbonyl (C=O) groups is 1. The molecule has 0 aliphatic carbocycles. The molecule has 4 heteroatoms. The molecule has 0 aliphatic heterocycles. The smallest absolute Gasteiger partial charge is 0.338 e. The van der Waals surface area contributed by atoms with Gasteiger partial charge in [-0.3, -0.25) is 0 Å². The highest BCUT2D eigenvalue weighted by Gasteiger charge is 2.08. The number of benzene rings is 2. The fraction of sp³-hybridized carbons (Fsp3) is 0.318. The van der Waals surface area contributed by atoms with Crippen molar-refractivity contribution < 1.29 is 19.0 Å². The molecule has 0 fully saturated rings. The first-order chi connectivity index (χ1) is 12.5. The zero-order valence-electron chi connectivity index (χ0n) is 15.7. The van der Waals surface area contributed by atoms with Crippen LogP contribution in [0, 0.1) is 0 Å². The molecule has 2 aromatic rings. The molecule has 0 amide bonds. The Kier molecular flexibility index (Phi) is 7.27. The van der Waals surface area contributed by atoms with Gasteiger partial charge >= 0.3 is 5.97 Å². The third-order valence-electron chi connectivity index (χ3n) is 3.57. The van der Waals surface area contributed by atoms with Gasteiger partial charge in [-0.2, -0.15) is 0 Å². The van der Waals surface area contributed by atoms with Gasteiger partial charge in [0.25, 0.3) is 0 Å². The van der Waals surface area contributed by atoms with Gasteiger partial charge in [0.15, 0.2) is 0 Å². The van der Waals surface area contributed by atoms with E-state index in [1.807, 2.05) is 30.3 Å². The first-order valence-corrected chi connectivity index (χ1v) is 8.92. The minimum Gasteiger partial charge on any atom is -0.493 e. The van der Waals surface area contributed by atoms with E-state index in [-0.39, 0.29) is 0 Å². The molecule has 138 valence electrons. The van der Waals surface area contributed by atoms with Gasteiger partial charge in [-0.05, 0) is 55.2 Å². The predicted molar refractivity (Wildman–Crippen MR) is 104 cm³/mol. The molecule has 2 rings (SSSR count). The van der Waals surface area contributed by atoms with Crippen molar-refractivity contribution in [3.05, 3.63) is 54.6 Å². The summed E-state index contributed by atoms with van der Waals surface area (Å²) in [5.74, 6) is 1.63. The van der Waals surface area contributed by atoms with Crippen molar-refractivity contribution in [3.63, 3.8) is 0 Å². The monoisotopic (exact) mass is 354 g/mol. The summed E-state index contributed by atoms with van der Waals surface area (Å²) < 4.78 is 16.8. The summed E-state index contributed by atoms with van der Waals surface area (Å²) >= 11 is 0. The lowest BCUT2D eigenvalue weighted by Crippen LogP contribution is -2.07. The Morgan fingerprint density at radius 3 is 1.85 bits per heavy atom. The second-order valence-corrected chi connectivity index (χ2v) is 6.08. The Morgan fingerprint density at radius 1 is 0.846 bits per heavy atom. The van der Waals surface area contributed by atoms with E-state index in [1.165, 1.54) is 0 Å². The van der Waals surface area contributed by atoms with Crippen LogP contribution in [0.3, 0.4) is 0 Å². The Morgan fingerprint density at radius 2 is 1.38 bits per heavy atom. The molecule has 0 saturated carbocycles. The van der Waals surface area contributed by atoms with Crippen LogP contribution >= 0.6 is 0 Å². The van der Waals surface area contributed by atoms with Crippen LogP contribution in [0.4, 0.5) is 0 Å². The first kappa shape index (κ1) is 19.6. The van der Waals surface area contributed by atoms with Crippen LogP contribution in [-0.2, 0) is 4.79 Å². The van der Waals surface area contributed by atoms with Crippen LogP contribution in [0.15, 0.2) is 54.6 Å². The number of esters is 1. The van der Waals surface area contributed by atoms with E-state index >= 15 is 0 Å². The standard InChI is InChI=1S/C22H26O4/c1-5-11-24-20-13-18(14-21(15-20)25-12-6-2)17-7-9-19(10-8-17)26-22(23)16(3)4/h7-10,13-15H,3,5-6,11-12H2,1-2,4H3. The topological polar surface area (TPSA) is 44.8 Å². The highest BCUT2D eigenvalue weighted by Crippen LogP contribution is 2.31. The molecule has 0 radical (unpaired) electrons. The summed E-state index contributed by atoms with van der Waals surface area (Å²) in [4.78, 5) is 11.6. The molecule has 26 heavy (non-hydrogen) atoms. The normalized spacial score (nSPS) is 10.3. The molecule has 0 saturated heterocycles. The van der Waals surface area contributed by atoms with E-state index in [1.54, 1.807) is 19.1 Å². The molecule has 0 bridgehead atoms. The Bertz CT molecular complexity index is 721. The molecule has 0 spiro atoms. The minimum absolute atomic E-state index is 0.368. The van der Waals surface area contributed by atoms with Crippen LogP contribution in [0.2, 0.25) is 0 Å². The summed E-state index contributed by atoms with van der Waals surface area (Å²) in [5.41, 5.74) is 2.35. The summed E-state index contributed by atoms with van der Waals surface area (Å²) in [6, 6.07) is 13.2. The Balaban J connectivity index is 2.24. The van der Waals surface area contributed by atoms with Gasteiger partial charge in [0.05, 0.1) is 13.2 Å². The van der Waals surface area contributed by atoms with Gasteiger partial charge in [-0.25, -0.2) is 4.79 Å². The second kappa shape index (κ2) is 9.66. The van der Waals surface area contributed by atoms with Gasteiger partial charge < -0.3 is 14.2 Å². The Labute approximate surface area is 155 Å². The van der Waals surface area contributed by atoms with Gasteiger partial charge in [-0.15, -0.1) is 0 Å². The van der Waals surface area contributed by atoms with Gasteiger partial charge in [0.1, 0.15) is 17.2 Å². The van der Waals surface area contributed by atoms with Crippen molar-refractivity contribution in [2.45, 2.75) is 33.6 Å². The number of hydrogen-bond donors (Lipinski definition) is 0. The van der Waals surface area contributed by atoms with E-state index in [9.17, 15) is 4.79 Å². The minimum atomic E-state index is -0.428.